The first-order chi connectivity index (χ1) is 14.3. The van der Waals surface area contributed by atoms with Gasteiger partial charge in [0.2, 0.25) is 0 Å². The molecule has 4 atom stereocenters. The van der Waals surface area contributed by atoms with Gasteiger partial charge < -0.3 is 19.7 Å². The second-order valence-corrected chi connectivity index (χ2v) is 7.51. The summed E-state index contributed by atoms with van der Waals surface area (Å²) >= 11 is 0. The first-order valence-corrected chi connectivity index (χ1v) is 10.2. The van der Waals surface area contributed by atoms with Gasteiger partial charge in [0.15, 0.2) is 6.61 Å². The molecule has 0 saturated heterocycles. The van der Waals surface area contributed by atoms with E-state index in [0.717, 1.165) is 6.08 Å². The molecule has 1 aliphatic rings. The summed E-state index contributed by atoms with van der Waals surface area (Å²) in [5.74, 6) is -4.02. The summed E-state index contributed by atoms with van der Waals surface area (Å²) in [6.07, 6.45) is 6.44. The van der Waals surface area contributed by atoms with Crippen LogP contribution < -0.4 is 4.74 Å². The summed E-state index contributed by atoms with van der Waals surface area (Å²) in [4.78, 5) is 11.1. The van der Waals surface area contributed by atoms with E-state index in [4.69, 9.17) is 4.74 Å². The van der Waals surface area contributed by atoms with Crippen molar-refractivity contribution in [3.05, 3.63) is 54.6 Å². The fourth-order valence-corrected chi connectivity index (χ4v) is 3.54. The number of unbranched alkanes of at least 4 members (excludes halogenated alkanes) is 1. The lowest BCUT2D eigenvalue weighted by Gasteiger charge is -2.20. The van der Waals surface area contributed by atoms with Crippen LogP contribution in [-0.2, 0) is 9.53 Å². The number of carbonyl (C=O) groups excluding carboxylic acids is 1. The SMILES string of the molecule is COC(=O)CCC/C=C\C[C@@H]1[C@@H](/C=C/C(F)(F)COc2ccccc2)[C@H](O)C[C@@H]1O. The molecule has 1 aromatic carbocycles. The fourth-order valence-electron chi connectivity index (χ4n) is 3.54. The highest BCUT2D eigenvalue weighted by Crippen LogP contribution is 2.37. The molecular weight excluding hydrogens is 394 g/mol. The van der Waals surface area contributed by atoms with Crippen molar-refractivity contribution in [2.75, 3.05) is 13.7 Å². The van der Waals surface area contributed by atoms with Crippen LogP contribution in [0.4, 0.5) is 8.78 Å². The quantitative estimate of drug-likeness (QED) is 0.320. The van der Waals surface area contributed by atoms with Gasteiger partial charge in [-0.2, -0.15) is 8.78 Å². The van der Waals surface area contributed by atoms with Crippen LogP contribution in [0.25, 0.3) is 0 Å². The van der Waals surface area contributed by atoms with E-state index < -0.39 is 30.7 Å². The Morgan fingerprint density at radius 2 is 1.93 bits per heavy atom. The molecule has 0 aliphatic heterocycles. The molecule has 0 unspecified atom stereocenters. The van der Waals surface area contributed by atoms with E-state index in [9.17, 15) is 23.8 Å². The first-order valence-electron chi connectivity index (χ1n) is 10.2. The number of para-hydroxylation sites is 1. The Morgan fingerprint density at radius 1 is 1.20 bits per heavy atom. The Kier molecular flexibility index (Phi) is 9.46. The van der Waals surface area contributed by atoms with Crippen LogP contribution in [0.1, 0.15) is 32.1 Å². The molecule has 1 aromatic rings. The fraction of sp³-hybridized carbons (Fsp3) is 0.522. The summed E-state index contributed by atoms with van der Waals surface area (Å²) in [5.41, 5.74) is 0. The summed E-state index contributed by atoms with van der Waals surface area (Å²) in [5, 5.41) is 20.4. The zero-order valence-electron chi connectivity index (χ0n) is 17.1. The average Bonchev–Trinajstić information content (AvgIpc) is 3.00. The van der Waals surface area contributed by atoms with Gasteiger partial charge in [-0.1, -0.05) is 36.4 Å². The van der Waals surface area contributed by atoms with Gasteiger partial charge in [-0.3, -0.25) is 4.79 Å². The van der Waals surface area contributed by atoms with Gasteiger partial charge in [-0.05, 0) is 43.4 Å². The van der Waals surface area contributed by atoms with E-state index in [1.165, 1.54) is 13.2 Å². The van der Waals surface area contributed by atoms with E-state index >= 15 is 0 Å². The zero-order valence-corrected chi connectivity index (χ0v) is 17.1. The molecule has 0 heterocycles. The Morgan fingerprint density at radius 3 is 2.63 bits per heavy atom. The maximum atomic E-state index is 14.2. The number of allylic oxidation sites excluding steroid dienone is 2. The van der Waals surface area contributed by atoms with E-state index in [-0.39, 0.29) is 18.3 Å². The second kappa shape index (κ2) is 11.8. The number of halogens is 2. The van der Waals surface area contributed by atoms with Gasteiger partial charge >= 0.3 is 5.97 Å². The summed E-state index contributed by atoms with van der Waals surface area (Å²) in [6, 6.07) is 8.38. The number of alkyl halides is 2. The molecule has 0 bridgehead atoms. The van der Waals surface area contributed by atoms with Crippen molar-refractivity contribution in [3.8, 4) is 5.75 Å². The highest BCUT2D eigenvalue weighted by Gasteiger charge is 2.40. The molecule has 0 aromatic heterocycles. The van der Waals surface area contributed by atoms with Crippen LogP contribution in [0.5, 0.6) is 5.75 Å². The van der Waals surface area contributed by atoms with Gasteiger partial charge in [0, 0.05) is 18.8 Å². The van der Waals surface area contributed by atoms with Crippen LogP contribution in [0.15, 0.2) is 54.6 Å². The number of carbonyl (C=O) groups is 1. The van der Waals surface area contributed by atoms with Gasteiger partial charge in [0.1, 0.15) is 5.75 Å². The molecule has 0 amide bonds. The molecule has 166 valence electrons. The Balaban J connectivity index is 1.87. The summed E-state index contributed by atoms with van der Waals surface area (Å²) < 4.78 is 38.1. The third-order valence-electron chi connectivity index (χ3n) is 5.21. The van der Waals surface area contributed by atoms with Crippen molar-refractivity contribution < 1.29 is 33.3 Å². The van der Waals surface area contributed by atoms with E-state index in [2.05, 4.69) is 4.74 Å². The van der Waals surface area contributed by atoms with E-state index in [1.54, 1.807) is 30.3 Å². The number of benzene rings is 1. The molecule has 1 aliphatic carbocycles. The number of rotatable bonds is 11. The average molecular weight is 424 g/mol. The van der Waals surface area contributed by atoms with Crippen LogP contribution in [-0.4, -0.2) is 48.0 Å². The number of aliphatic hydroxyl groups excluding tert-OH is 2. The molecule has 1 fully saturated rings. The lowest BCUT2D eigenvalue weighted by atomic mass is 9.89. The monoisotopic (exact) mass is 424 g/mol. The molecule has 7 heteroatoms. The van der Waals surface area contributed by atoms with Gasteiger partial charge in [-0.25, -0.2) is 0 Å². The number of aliphatic hydroxyl groups is 2. The van der Waals surface area contributed by atoms with Crippen molar-refractivity contribution in [1.29, 1.82) is 0 Å². The Labute approximate surface area is 176 Å². The number of methoxy groups -OCH3 is 1. The van der Waals surface area contributed by atoms with Gasteiger partial charge in [-0.15, -0.1) is 0 Å². The number of hydrogen-bond acceptors (Lipinski definition) is 5. The highest BCUT2D eigenvalue weighted by molar-refractivity contribution is 5.69. The predicted octanol–water partition coefficient (Wildman–Crippen LogP) is 3.90. The van der Waals surface area contributed by atoms with Crippen molar-refractivity contribution in [2.45, 2.75) is 50.2 Å². The number of esters is 1. The minimum absolute atomic E-state index is 0.155. The third kappa shape index (κ3) is 7.88. The minimum Gasteiger partial charge on any atom is -0.487 e. The van der Waals surface area contributed by atoms with Crippen LogP contribution in [0, 0.1) is 11.8 Å². The Bertz CT molecular complexity index is 705. The van der Waals surface area contributed by atoms with Crippen molar-refractivity contribution in [1.82, 2.24) is 0 Å². The van der Waals surface area contributed by atoms with E-state index in [0.29, 0.717) is 31.4 Å². The molecule has 2 N–H and O–H groups in total. The maximum Gasteiger partial charge on any atom is 0.305 e. The predicted molar refractivity (Wildman–Crippen MR) is 109 cm³/mol. The lowest BCUT2D eigenvalue weighted by molar-refractivity contribution is -0.140. The van der Waals surface area contributed by atoms with Gasteiger partial charge in [0.25, 0.3) is 5.92 Å². The largest absolute Gasteiger partial charge is 0.487 e. The molecule has 5 nitrogen and oxygen atoms in total. The molecule has 0 radical (unpaired) electrons. The zero-order chi connectivity index (χ0) is 22.0. The van der Waals surface area contributed by atoms with E-state index in [1.807, 2.05) is 12.2 Å². The van der Waals surface area contributed by atoms with Crippen LogP contribution >= 0.6 is 0 Å². The topological polar surface area (TPSA) is 76.0 Å². The van der Waals surface area contributed by atoms with Crippen molar-refractivity contribution in [3.63, 3.8) is 0 Å². The van der Waals surface area contributed by atoms with Crippen LogP contribution in [0.2, 0.25) is 0 Å². The number of ether oxygens (including phenoxy) is 2. The lowest BCUT2D eigenvalue weighted by Crippen LogP contribution is -2.25. The second-order valence-electron chi connectivity index (χ2n) is 7.51. The normalized spacial score (nSPS) is 24.6. The third-order valence-corrected chi connectivity index (χ3v) is 5.21. The molecule has 30 heavy (non-hydrogen) atoms. The van der Waals surface area contributed by atoms with Crippen molar-refractivity contribution >= 4 is 5.97 Å². The minimum atomic E-state index is -3.20. The first kappa shape index (κ1) is 24.0. The number of hydrogen-bond donors (Lipinski definition) is 2. The van der Waals surface area contributed by atoms with Crippen molar-refractivity contribution in [2.24, 2.45) is 11.8 Å². The molecule has 0 spiro atoms. The maximum absolute atomic E-state index is 14.2. The summed E-state index contributed by atoms with van der Waals surface area (Å²) in [6.45, 7) is -0.802. The molecule has 1 saturated carbocycles. The van der Waals surface area contributed by atoms with Gasteiger partial charge in [0.05, 0.1) is 19.3 Å². The highest BCUT2D eigenvalue weighted by atomic mass is 19.3. The summed E-state index contributed by atoms with van der Waals surface area (Å²) in [7, 11) is 1.34. The molecular formula is C23H30F2O5. The molecule has 2 rings (SSSR count). The Hall–Kier alpha value is -2.25. The standard InChI is InChI=1S/C23H30F2O5/c1-29-22(28)12-8-3-2-7-11-18-19(21(27)15-20(18)26)13-14-23(24,25)16-30-17-9-5-4-6-10-17/h2,4-7,9-10,13-14,18-21,26-27H,3,8,11-12,15-16H2,1H3/b7-2-,14-13+/t18-,19-,20+,21-/m1/s1. The van der Waals surface area contributed by atoms with Crippen LogP contribution in [0.3, 0.4) is 0 Å². The smallest absolute Gasteiger partial charge is 0.305 e.